The van der Waals surface area contributed by atoms with E-state index in [1.54, 1.807) is 24.3 Å². The molecule has 4 heteroatoms. The van der Waals surface area contributed by atoms with E-state index in [1.165, 1.54) is 0 Å². The average Bonchev–Trinajstić information content (AvgIpc) is 2.17. The molecule has 0 unspecified atom stereocenters. The highest BCUT2D eigenvalue weighted by Gasteiger charge is 2.06. The molecule has 0 bridgehead atoms. The predicted molar refractivity (Wildman–Crippen MR) is 60.5 cm³/mol. The minimum Gasteiger partial charge on any atom is -0.481 e. The third-order valence-corrected chi connectivity index (χ3v) is 2.32. The smallest absolute Gasteiger partial charge is 0.307 e. The summed E-state index contributed by atoms with van der Waals surface area (Å²) in [5, 5.41) is 9.23. The van der Waals surface area contributed by atoms with Gasteiger partial charge in [0.15, 0.2) is 5.78 Å². The lowest BCUT2D eigenvalue weighted by Crippen LogP contribution is -2.03. The molecule has 0 aromatic heterocycles. The summed E-state index contributed by atoms with van der Waals surface area (Å²) < 4.78 is 0. The molecule has 0 saturated heterocycles. The second-order valence-corrected chi connectivity index (χ2v) is 3.93. The Morgan fingerprint density at radius 1 is 1.33 bits per heavy atom. The van der Waals surface area contributed by atoms with Gasteiger partial charge in [-0.3, -0.25) is 9.59 Å². The van der Waals surface area contributed by atoms with Crippen molar-refractivity contribution in [3.05, 3.63) is 35.4 Å². The first-order chi connectivity index (χ1) is 7.13. The maximum atomic E-state index is 11.5. The van der Waals surface area contributed by atoms with Gasteiger partial charge in [-0.2, -0.15) is 0 Å². The molecular weight excluding hydrogens is 260 g/mol. The van der Waals surface area contributed by atoms with Gasteiger partial charge in [-0.1, -0.05) is 34.1 Å². The standard InChI is InChI=1S/C11H11BrO3/c12-5-4-10(13)9-3-1-2-8(6-9)7-11(14)15/h1-3,6H,4-5,7H2,(H,14,15). The fourth-order valence-corrected chi connectivity index (χ4v) is 1.62. The molecule has 1 N–H and O–H groups in total. The van der Waals surface area contributed by atoms with E-state index in [-0.39, 0.29) is 12.2 Å². The third kappa shape index (κ3) is 3.83. The van der Waals surface area contributed by atoms with Crippen LogP contribution in [0.3, 0.4) is 0 Å². The van der Waals surface area contributed by atoms with Crippen LogP contribution in [-0.2, 0) is 11.2 Å². The van der Waals surface area contributed by atoms with Gasteiger partial charge < -0.3 is 5.11 Å². The molecule has 0 aliphatic rings. The van der Waals surface area contributed by atoms with Crippen molar-refractivity contribution in [2.45, 2.75) is 12.8 Å². The van der Waals surface area contributed by atoms with E-state index in [1.807, 2.05) is 0 Å². The van der Waals surface area contributed by atoms with Crippen molar-refractivity contribution in [3.63, 3.8) is 0 Å². The number of alkyl halides is 1. The maximum absolute atomic E-state index is 11.5. The number of hydrogen-bond acceptors (Lipinski definition) is 2. The minimum absolute atomic E-state index is 0.0270. The van der Waals surface area contributed by atoms with Crippen molar-refractivity contribution < 1.29 is 14.7 Å². The molecule has 0 heterocycles. The quantitative estimate of drug-likeness (QED) is 0.660. The van der Waals surface area contributed by atoms with Gasteiger partial charge >= 0.3 is 5.97 Å². The molecule has 1 rings (SSSR count). The SMILES string of the molecule is O=C(O)Cc1cccc(C(=O)CCBr)c1. The van der Waals surface area contributed by atoms with Crippen molar-refractivity contribution in [2.75, 3.05) is 5.33 Å². The number of carboxylic acid groups (broad SMARTS) is 1. The van der Waals surface area contributed by atoms with Crippen LogP contribution in [0.4, 0.5) is 0 Å². The lowest BCUT2D eigenvalue weighted by Gasteiger charge is -2.01. The highest BCUT2D eigenvalue weighted by Crippen LogP contribution is 2.09. The van der Waals surface area contributed by atoms with Crippen LogP contribution in [0.1, 0.15) is 22.3 Å². The van der Waals surface area contributed by atoms with Crippen molar-refractivity contribution in [3.8, 4) is 0 Å². The summed E-state index contributed by atoms with van der Waals surface area (Å²) in [6, 6.07) is 6.76. The zero-order valence-electron chi connectivity index (χ0n) is 8.07. The summed E-state index contributed by atoms with van der Waals surface area (Å²) in [5.41, 5.74) is 1.23. The Balaban J connectivity index is 2.82. The van der Waals surface area contributed by atoms with Crippen LogP contribution in [0, 0.1) is 0 Å². The second-order valence-electron chi connectivity index (χ2n) is 3.13. The number of hydrogen-bond donors (Lipinski definition) is 1. The Morgan fingerprint density at radius 2 is 2.07 bits per heavy atom. The van der Waals surface area contributed by atoms with Crippen LogP contribution in [0.2, 0.25) is 0 Å². The molecule has 3 nitrogen and oxygen atoms in total. The summed E-state index contributed by atoms with van der Waals surface area (Å²) in [6.45, 7) is 0. The van der Waals surface area contributed by atoms with Crippen LogP contribution < -0.4 is 0 Å². The first kappa shape index (κ1) is 11.9. The largest absolute Gasteiger partial charge is 0.481 e. The number of rotatable bonds is 5. The van der Waals surface area contributed by atoms with Crippen molar-refractivity contribution in [2.24, 2.45) is 0 Å². The molecule has 0 aliphatic carbocycles. The number of benzene rings is 1. The van der Waals surface area contributed by atoms with E-state index in [2.05, 4.69) is 15.9 Å². The maximum Gasteiger partial charge on any atom is 0.307 e. The Morgan fingerprint density at radius 3 is 2.67 bits per heavy atom. The van der Waals surface area contributed by atoms with Gasteiger partial charge in [0.2, 0.25) is 0 Å². The van der Waals surface area contributed by atoms with E-state index < -0.39 is 5.97 Å². The van der Waals surface area contributed by atoms with Gasteiger partial charge in [0.1, 0.15) is 0 Å². The summed E-state index contributed by atoms with van der Waals surface area (Å²) in [4.78, 5) is 22.0. The van der Waals surface area contributed by atoms with Crippen LogP contribution in [0.15, 0.2) is 24.3 Å². The topological polar surface area (TPSA) is 54.4 Å². The number of ketones is 1. The van der Waals surface area contributed by atoms with Crippen molar-refractivity contribution in [1.82, 2.24) is 0 Å². The zero-order chi connectivity index (χ0) is 11.3. The number of Topliss-reactive ketones (excluding diaryl/α,β-unsaturated/α-hetero) is 1. The number of carboxylic acids is 1. The van der Waals surface area contributed by atoms with E-state index >= 15 is 0 Å². The molecule has 80 valence electrons. The van der Waals surface area contributed by atoms with Gasteiger partial charge in [-0.15, -0.1) is 0 Å². The summed E-state index contributed by atoms with van der Waals surface area (Å²) in [5.74, 6) is -0.862. The molecule has 0 amide bonds. The van der Waals surface area contributed by atoms with E-state index in [9.17, 15) is 9.59 Å². The highest BCUT2D eigenvalue weighted by atomic mass is 79.9. The predicted octanol–water partition coefficient (Wildman–Crippen LogP) is 2.28. The molecule has 0 saturated carbocycles. The molecule has 0 aliphatic heterocycles. The number of halogens is 1. The number of carbonyl (C=O) groups is 2. The minimum atomic E-state index is -0.889. The summed E-state index contributed by atoms with van der Waals surface area (Å²) in [7, 11) is 0. The van der Waals surface area contributed by atoms with Gasteiger partial charge in [-0.25, -0.2) is 0 Å². The summed E-state index contributed by atoms with van der Waals surface area (Å²) >= 11 is 3.19. The normalized spacial score (nSPS) is 9.93. The highest BCUT2D eigenvalue weighted by molar-refractivity contribution is 9.09. The molecule has 1 aromatic rings. The molecule has 0 fully saturated rings. The monoisotopic (exact) mass is 270 g/mol. The van der Waals surface area contributed by atoms with E-state index in [0.29, 0.717) is 22.9 Å². The molecular formula is C11H11BrO3. The fourth-order valence-electron chi connectivity index (χ4n) is 1.26. The van der Waals surface area contributed by atoms with Gasteiger partial charge in [-0.05, 0) is 11.6 Å². The number of aliphatic carboxylic acids is 1. The second kappa shape index (κ2) is 5.66. The van der Waals surface area contributed by atoms with Crippen molar-refractivity contribution in [1.29, 1.82) is 0 Å². The van der Waals surface area contributed by atoms with Crippen LogP contribution in [0.25, 0.3) is 0 Å². The van der Waals surface area contributed by atoms with Crippen molar-refractivity contribution >= 4 is 27.7 Å². The van der Waals surface area contributed by atoms with E-state index in [4.69, 9.17) is 5.11 Å². The first-order valence-electron chi connectivity index (χ1n) is 4.53. The molecule has 0 radical (unpaired) electrons. The Kier molecular flexibility index (Phi) is 4.49. The van der Waals surface area contributed by atoms with Gasteiger partial charge in [0, 0.05) is 17.3 Å². The zero-order valence-corrected chi connectivity index (χ0v) is 9.66. The molecule has 1 aromatic carbocycles. The fraction of sp³-hybridized carbons (Fsp3) is 0.273. The molecule has 0 spiro atoms. The summed E-state index contributed by atoms with van der Waals surface area (Å²) in [6.07, 6.45) is 0.381. The van der Waals surface area contributed by atoms with Crippen LogP contribution in [-0.4, -0.2) is 22.2 Å². The Bertz CT molecular complexity index is 374. The van der Waals surface area contributed by atoms with Crippen LogP contribution >= 0.6 is 15.9 Å². The first-order valence-corrected chi connectivity index (χ1v) is 5.65. The van der Waals surface area contributed by atoms with E-state index in [0.717, 1.165) is 0 Å². The Hall–Kier alpha value is -1.16. The van der Waals surface area contributed by atoms with Crippen LogP contribution in [0.5, 0.6) is 0 Å². The third-order valence-electron chi connectivity index (χ3n) is 1.93. The number of carbonyl (C=O) groups excluding carboxylic acids is 1. The van der Waals surface area contributed by atoms with Gasteiger partial charge in [0.25, 0.3) is 0 Å². The Labute approximate surface area is 96.2 Å². The van der Waals surface area contributed by atoms with Gasteiger partial charge in [0.05, 0.1) is 6.42 Å². The average molecular weight is 271 g/mol. The molecule has 0 atom stereocenters. The lowest BCUT2D eigenvalue weighted by molar-refractivity contribution is -0.136. The lowest BCUT2D eigenvalue weighted by atomic mass is 10.0. The molecule has 15 heavy (non-hydrogen) atoms.